The maximum atomic E-state index is 11.6. The van der Waals surface area contributed by atoms with Gasteiger partial charge in [-0.2, -0.15) is 0 Å². The Morgan fingerprint density at radius 3 is 2.20 bits per heavy atom. The number of guanidine groups is 1. The zero-order chi connectivity index (χ0) is 14.9. The largest absolute Gasteiger partial charge is 0.356 e. The van der Waals surface area contributed by atoms with Crippen LogP contribution in [0.3, 0.4) is 0 Å². The number of rotatable bonds is 8. The van der Waals surface area contributed by atoms with Gasteiger partial charge in [0.05, 0.1) is 4.75 Å². The second-order valence-corrected chi connectivity index (χ2v) is 8.09. The molecular formula is C13H30IN3O2S. The highest BCUT2D eigenvalue weighted by Gasteiger charge is 2.30. The van der Waals surface area contributed by atoms with Gasteiger partial charge < -0.3 is 10.6 Å². The van der Waals surface area contributed by atoms with Crippen LogP contribution in [0.2, 0.25) is 0 Å². The predicted molar refractivity (Wildman–Crippen MR) is 97.8 cm³/mol. The van der Waals surface area contributed by atoms with Gasteiger partial charge in [-0.15, -0.1) is 24.0 Å². The van der Waals surface area contributed by atoms with Gasteiger partial charge in [-0.3, -0.25) is 4.99 Å². The SMILES string of the molecule is CCCCCCNC(=NC)NCC(C)(C)S(C)(=O)=O.I. The standard InChI is InChI=1S/C13H29N3O2S.HI/c1-6-7-8-9-10-15-12(14-4)16-11-13(2,3)19(5,17)18;/h6-11H2,1-5H3,(H2,14,15,16);1H. The van der Waals surface area contributed by atoms with Crippen LogP contribution in [0.1, 0.15) is 46.5 Å². The Morgan fingerprint density at radius 2 is 1.75 bits per heavy atom. The normalized spacial score (nSPS) is 12.8. The molecule has 2 N–H and O–H groups in total. The second kappa shape index (κ2) is 10.6. The molecule has 0 aliphatic rings. The molecule has 0 aromatic carbocycles. The first-order valence-corrected chi connectivity index (χ1v) is 8.78. The molecule has 0 spiro atoms. The third-order valence-electron chi connectivity index (χ3n) is 3.23. The third-order valence-corrected chi connectivity index (χ3v) is 5.38. The molecule has 0 fully saturated rings. The maximum absolute atomic E-state index is 11.6. The smallest absolute Gasteiger partial charge is 0.191 e. The average Bonchev–Trinajstić information content (AvgIpc) is 2.31. The lowest BCUT2D eigenvalue weighted by Crippen LogP contribution is -2.47. The van der Waals surface area contributed by atoms with Crippen molar-refractivity contribution in [1.29, 1.82) is 0 Å². The maximum Gasteiger partial charge on any atom is 0.191 e. The molecular weight excluding hydrogens is 389 g/mol. The number of hydrogen-bond acceptors (Lipinski definition) is 3. The summed E-state index contributed by atoms with van der Waals surface area (Å²) in [5, 5.41) is 6.26. The Morgan fingerprint density at radius 1 is 1.15 bits per heavy atom. The van der Waals surface area contributed by atoms with E-state index in [1.165, 1.54) is 25.5 Å². The van der Waals surface area contributed by atoms with E-state index in [0.717, 1.165) is 13.0 Å². The van der Waals surface area contributed by atoms with E-state index in [-0.39, 0.29) is 24.0 Å². The van der Waals surface area contributed by atoms with Crippen molar-refractivity contribution in [3.05, 3.63) is 0 Å². The van der Waals surface area contributed by atoms with E-state index < -0.39 is 14.6 Å². The van der Waals surface area contributed by atoms with Crippen LogP contribution in [0.25, 0.3) is 0 Å². The van der Waals surface area contributed by atoms with Crippen molar-refractivity contribution in [3.8, 4) is 0 Å². The van der Waals surface area contributed by atoms with Crippen LogP contribution in [0, 0.1) is 0 Å². The summed E-state index contributed by atoms with van der Waals surface area (Å²) in [5.74, 6) is 0.660. The highest BCUT2D eigenvalue weighted by Crippen LogP contribution is 2.13. The van der Waals surface area contributed by atoms with Gasteiger partial charge in [0.2, 0.25) is 0 Å². The highest BCUT2D eigenvalue weighted by atomic mass is 127. The molecule has 0 aromatic heterocycles. The molecule has 0 rings (SSSR count). The van der Waals surface area contributed by atoms with Crippen LogP contribution < -0.4 is 10.6 Å². The average molecular weight is 419 g/mol. The Kier molecular flexibility index (Phi) is 11.8. The third kappa shape index (κ3) is 8.99. The fourth-order valence-electron chi connectivity index (χ4n) is 1.41. The lowest BCUT2D eigenvalue weighted by Gasteiger charge is -2.24. The van der Waals surface area contributed by atoms with Gasteiger partial charge in [0.15, 0.2) is 15.8 Å². The number of sulfone groups is 1. The van der Waals surface area contributed by atoms with E-state index in [1.54, 1.807) is 20.9 Å². The molecule has 0 saturated heterocycles. The van der Waals surface area contributed by atoms with Crippen LogP contribution in [0.15, 0.2) is 4.99 Å². The summed E-state index contributed by atoms with van der Waals surface area (Å²) in [5.41, 5.74) is 0. The van der Waals surface area contributed by atoms with Crippen molar-refractivity contribution >= 4 is 39.8 Å². The van der Waals surface area contributed by atoms with Gasteiger partial charge in [-0.1, -0.05) is 26.2 Å². The molecule has 20 heavy (non-hydrogen) atoms. The summed E-state index contributed by atoms with van der Waals surface area (Å²) in [6.07, 6.45) is 6.03. The fourth-order valence-corrected chi connectivity index (χ4v) is 1.74. The monoisotopic (exact) mass is 419 g/mol. The number of aliphatic imine (C=N–C) groups is 1. The molecule has 7 heteroatoms. The highest BCUT2D eigenvalue weighted by molar-refractivity contribution is 14.0. The van der Waals surface area contributed by atoms with E-state index in [9.17, 15) is 8.42 Å². The van der Waals surface area contributed by atoms with E-state index in [0.29, 0.717) is 12.5 Å². The summed E-state index contributed by atoms with van der Waals surface area (Å²) < 4.78 is 22.4. The minimum atomic E-state index is -3.08. The number of halogens is 1. The van der Waals surface area contributed by atoms with Gasteiger partial charge in [0.25, 0.3) is 0 Å². The number of hydrogen-bond donors (Lipinski definition) is 2. The Bertz CT molecular complexity index is 381. The van der Waals surface area contributed by atoms with Crippen LogP contribution in [0.4, 0.5) is 0 Å². The molecule has 0 amide bonds. The van der Waals surface area contributed by atoms with Crippen LogP contribution in [-0.2, 0) is 9.84 Å². The Hall–Kier alpha value is -0.0500. The first-order chi connectivity index (χ1) is 8.74. The van der Waals surface area contributed by atoms with E-state index >= 15 is 0 Å². The van der Waals surface area contributed by atoms with Gasteiger partial charge >= 0.3 is 0 Å². The number of unbranched alkanes of at least 4 members (excludes halogenated alkanes) is 3. The minimum Gasteiger partial charge on any atom is -0.356 e. The van der Waals surface area contributed by atoms with Crippen molar-refractivity contribution in [2.24, 2.45) is 4.99 Å². The lowest BCUT2D eigenvalue weighted by molar-refractivity contribution is 0.543. The van der Waals surface area contributed by atoms with Gasteiger partial charge in [-0.05, 0) is 20.3 Å². The summed E-state index contributed by atoms with van der Waals surface area (Å²) in [6, 6.07) is 0. The van der Waals surface area contributed by atoms with Crippen LogP contribution >= 0.6 is 24.0 Å². The Balaban J connectivity index is 0. The van der Waals surface area contributed by atoms with Crippen molar-refractivity contribution in [2.75, 3.05) is 26.4 Å². The summed E-state index contributed by atoms with van der Waals surface area (Å²) in [4.78, 5) is 4.09. The molecule has 122 valence electrons. The first kappa shape index (κ1) is 22.2. The zero-order valence-electron chi connectivity index (χ0n) is 13.3. The molecule has 0 atom stereocenters. The van der Waals surface area contributed by atoms with E-state index in [2.05, 4.69) is 22.5 Å². The molecule has 5 nitrogen and oxygen atoms in total. The second-order valence-electron chi connectivity index (χ2n) is 5.45. The minimum absolute atomic E-state index is 0. The quantitative estimate of drug-likeness (QED) is 0.274. The number of nitrogens with one attached hydrogen (secondary N) is 2. The first-order valence-electron chi connectivity index (χ1n) is 6.88. The van der Waals surface area contributed by atoms with Crippen LogP contribution in [0.5, 0.6) is 0 Å². The van der Waals surface area contributed by atoms with E-state index in [1.807, 2.05) is 0 Å². The lowest BCUT2D eigenvalue weighted by atomic mass is 10.2. The molecule has 0 aliphatic carbocycles. The molecule has 0 saturated carbocycles. The molecule has 0 bridgehead atoms. The van der Waals surface area contributed by atoms with Gasteiger partial charge in [0.1, 0.15) is 0 Å². The molecule has 0 unspecified atom stereocenters. The predicted octanol–water partition coefficient (Wildman–Crippen LogP) is 2.17. The number of nitrogens with zero attached hydrogens (tertiary/aromatic N) is 1. The fraction of sp³-hybridized carbons (Fsp3) is 0.923. The van der Waals surface area contributed by atoms with Gasteiger partial charge in [-0.25, -0.2) is 8.42 Å². The molecule has 0 radical (unpaired) electrons. The molecule has 0 aromatic rings. The van der Waals surface area contributed by atoms with Crippen molar-refractivity contribution in [1.82, 2.24) is 10.6 Å². The zero-order valence-corrected chi connectivity index (χ0v) is 16.5. The summed E-state index contributed by atoms with van der Waals surface area (Å²) >= 11 is 0. The topological polar surface area (TPSA) is 70.6 Å². The molecule has 0 heterocycles. The molecule has 0 aliphatic heterocycles. The van der Waals surface area contributed by atoms with Crippen molar-refractivity contribution in [3.63, 3.8) is 0 Å². The van der Waals surface area contributed by atoms with Crippen molar-refractivity contribution in [2.45, 2.75) is 51.2 Å². The summed E-state index contributed by atoms with van der Waals surface area (Å²) in [6.45, 7) is 6.81. The summed E-state index contributed by atoms with van der Waals surface area (Å²) in [7, 11) is -1.39. The van der Waals surface area contributed by atoms with E-state index in [4.69, 9.17) is 0 Å². The Labute approximate surface area is 141 Å². The van der Waals surface area contributed by atoms with Crippen LogP contribution in [-0.4, -0.2) is 45.5 Å². The van der Waals surface area contributed by atoms with Crippen molar-refractivity contribution < 1.29 is 8.42 Å². The van der Waals surface area contributed by atoms with Gasteiger partial charge in [0, 0.05) is 26.4 Å².